The summed E-state index contributed by atoms with van der Waals surface area (Å²) in [4.78, 5) is 0. The van der Waals surface area contributed by atoms with Crippen molar-refractivity contribution in [2.45, 2.75) is 31.6 Å². The van der Waals surface area contributed by atoms with Gasteiger partial charge in [-0.05, 0) is 36.2 Å². The summed E-state index contributed by atoms with van der Waals surface area (Å²) in [6, 6.07) is 9.33. The molecule has 0 fully saturated rings. The third-order valence-electron chi connectivity index (χ3n) is 2.48. The van der Waals surface area contributed by atoms with Crippen LogP contribution < -0.4 is 5.73 Å². The van der Waals surface area contributed by atoms with Crippen LogP contribution in [0.2, 0.25) is 30.7 Å². The highest BCUT2D eigenvalue weighted by atomic mass is 35.5. The van der Waals surface area contributed by atoms with Gasteiger partial charge in [0.05, 0.1) is 0 Å². The van der Waals surface area contributed by atoms with Gasteiger partial charge in [-0.2, -0.15) is 0 Å². The molecule has 0 aliphatic rings. The Kier molecular flexibility index (Phi) is 4.38. The Morgan fingerprint density at radius 3 is 2.13 bits per heavy atom. The fourth-order valence-electron chi connectivity index (χ4n) is 1.81. The van der Waals surface area contributed by atoms with Gasteiger partial charge >= 0.3 is 0 Å². The van der Waals surface area contributed by atoms with Crippen molar-refractivity contribution in [3.63, 3.8) is 0 Å². The van der Waals surface area contributed by atoms with E-state index in [1.54, 1.807) is 0 Å². The zero-order valence-electron chi connectivity index (χ0n) is 9.76. The Balaban J connectivity index is 2.79. The van der Waals surface area contributed by atoms with Gasteiger partial charge in [-0.15, -0.1) is 0 Å². The Hall–Kier alpha value is -0.313. The molecule has 0 saturated carbocycles. The fraction of sp³-hybridized carbons (Fsp3) is 0.500. The summed E-state index contributed by atoms with van der Waals surface area (Å²) in [6.45, 7) is 7.87. The summed E-state index contributed by atoms with van der Waals surface area (Å²) in [6.07, 6.45) is 0. The van der Waals surface area contributed by atoms with Crippen LogP contribution >= 0.6 is 11.6 Å². The highest BCUT2D eigenvalue weighted by Crippen LogP contribution is 2.26. The molecule has 1 nitrogen and oxygen atoms in total. The first-order chi connectivity index (χ1) is 6.92. The zero-order valence-corrected chi connectivity index (χ0v) is 11.5. The fourth-order valence-corrected chi connectivity index (χ4v) is 3.82. The molecule has 0 radical (unpaired) electrons. The van der Waals surface area contributed by atoms with Crippen LogP contribution in [-0.4, -0.2) is 14.6 Å². The second-order valence-electron chi connectivity index (χ2n) is 5.25. The summed E-state index contributed by atoms with van der Waals surface area (Å²) in [5.41, 5.74) is 7.16. The monoisotopic (exact) mass is 241 g/mol. The number of benzene rings is 1. The van der Waals surface area contributed by atoms with Crippen molar-refractivity contribution in [3.05, 3.63) is 34.9 Å². The molecule has 3 heteroatoms. The first kappa shape index (κ1) is 12.8. The maximum absolute atomic E-state index is 5.87. The Labute approximate surface area is 98.6 Å². The van der Waals surface area contributed by atoms with Gasteiger partial charge < -0.3 is 5.73 Å². The van der Waals surface area contributed by atoms with Crippen LogP contribution in [0.15, 0.2) is 24.3 Å². The minimum Gasteiger partial charge on any atom is -0.330 e. The summed E-state index contributed by atoms with van der Waals surface area (Å²) in [7, 11) is -1.05. The Morgan fingerprint density at radius 1 is 1.20 bits per heavy atom. The van der Waals surface area contributed by atoms with Crippen LogP contribution in [0, 0.1) is 0 Å². The zero-order chi connectivity index (χ0) is 11.5. The average Bonchev–Trinajstić information content (AvgIpc) is 2.14. The molecule has 1 atom stereocenters. The summed E-state index contributed by atoms with van der Waals surface area (Å²) >= 11 is 5.87. The number of hydrogen-bond donors (Lipinski definition) is 1. The number of halogens is 1. The van der Waals surface area contributed by atoms with Crippen LogP contribution in [0.1, 0.15) is 11.5 Å². The molecular formula is C12H20ClNSi. The minimum atomic E-state index is -1.05. The normalized spacial score (nSPS) is 13.9. The maximum atomic E-state index is 5.87. The molecule has 0 saturated heterocycles. The van der Waals surface area contributed by atoms with E-state index in [1.807, 2.05) is 12.1 Å². The molecule has 1 aromatic carbocycles. The van der Waals surface area contributed by atoms with Crippen molar-refractivity contribution < 1.29 is 0 Å². The van der Waals surface area contributed by atoms with Crippen molar-refractivity contribution >= 4 is 19.7 Å². The maximum Gasteiger partial charge on any atom is 0.0449 e. The predicted octanol–water partition coefficient (Wildman–Crippen LogP) is 3.72. The Morgan fingerprint density at radius 2 is 1.73 bits per heavy atom. The highest BCUT2D eigenvalue weighted by Gasteiger charge is 2.20. The second kappa shape index (κ2) is 5.15. The van der Waals surface area contributed by atoms with Crippen molar-refractivity contribution in [1.29, 1.82) is 0 Å². The van der Waals surface area contributed by atoms with E-state index in [4.69, 9.17) is 17.3 Å². The van der Waals surface area contributed by atoms with E-state index in [2.05, 4.69) is 31.8 Å². The van der Waals surface area contributed by atoms with Crippen molar-refractivity contribution in [2.75, 3.05) is 6.54 Å². The van der Waals surface area contributed by atoms with Gasteiger partial charge in [-0.3, -0.25) is 0 Å². The van der Waals surface area contributed by atoms with Crippen LogP contribution in [0.3, 0.4) is 0 Å². The van der Waals surface area contributed by atoms with E-state index in [-0.39, 0.29) is 0 Å². The third kappa shape index (κ3) is 4.37. The molecule has 0 aliphatic heterocycles. The molecule has 0 heterocycles. The molecule has 0 aliphatic carbocycles. The van der Waals surface area contributed by atoms with E-state index >= 15 is 0 Å². The lowest BCUT2D eigenvalue weighted by molar-refractivity contribution is 0.760. The van der Waals surface area contributed by atoms with Gasteiger partial charge in [-0.1, -0.05) is 43.4 Å². The SMILES string of the molecule is C[Si](C)(C)CC(CN)c1ccc(Cl)cc1. The number of nitrogens with two attached hydrogens (primary N) is 1. The van der Waals surface area contributed by atoms with Gasteiger partial charge in [-0.25, -0.2) is 0 Å². The predicted molar refractivity (Wildman–Crippen MR) is 71.4 cm³/mol. The average molecular weight is 242 g/mol. The van der Waals surface area contributed by atoms with E-state index in [9.17, 15) is 0 Å². The lowest BCUT2D eigenvalue weighted by Crippen LogP contribution is -2.26. The van der Waals surface area contributed by atoms with Crippen LogP contribution in [0.5, 0.6) is 0 Å². The lowest BCUT2D eigenvalue weighted by Gasteiger charge is -2.23. The molecule has 1 aromatic rings. The third-order valence-corrected chi connectivity index (χ3v) is 4.45. The molecule has 0 aromatic heterocycles. The van der Waals surface area contributed by atoms with E-state index in [1.165, 1.54) is 11.6 Å². The molecular weight excluding hydrogens is 222 g/mol. The minimum absolute atomic E-state index is 0.494. The molecule has 15 heavy (non-hydrogen) atoms. The van der Waals surface area contributed by atoms with Gasteiger partial charge in [0, 0.05) is 13.1 Å². The first-order valence-corrected chi connectivity index (χ1v) is 9.46. The summed E-state index contributed by atoms with van der Waals surface area (Å²) < 4.78 is 0. The highest BCUT2D eigenvalue weighted by molar-refractivity contribution is 6.76. The first-order valence-electron chi connectivity index (χ1n) is 5.38. The molecule has 1 rings (SSSR count). The van der Waals surface area contributed by atoms with Crippen LogP contribution in [-0.2, 0) is 0 Å². The standard InChI is InChI=1S/C12H20ClNSi/c1-15(2,3)9-11(8-14)10-4-6-12(13)7-5-10/h4-7,11H,8-9,14H2,1-3H3. The van der Waals surface area contributed by atoms with Crippen LogP contribution in [0.4, 0.5) is 0 Å². The van der Waals surface area contributed by atoms with Crippen LogP contribution in [0.25, 0.3) is 0 Å². The molecule has 0 spiro atoms. The molecule has 2 N–H and O–H groups in total. The largest absolute Gasteiger partial charge is 0.330 e. The lowest BCUT2D eigenvalue weighted by atomic mass is 10.0. The molecule has 0 bridgehead atoms. The van der Waals surface area contributed by atoms with Gasteiger partial charge in [0.25, 0.3) is 0 Å². The number of hydrogen-bond acceptors (Lipinski definition) is 1. The molecule has 84 valence electrons. The summed E-state index contributed by atoms with van der Waals surface area (Å²) in [5, 5.41) is 0.794. The van der Waals surface area contributed by atoms with Crippen molar-refractivity contribution in [2.24, 2.45) is 5.73 Å². The van der Waals surface area contributed by atoms with E-state index in [0.29, 0.717) is 5.92 Å². The topological polar surface area (TPSA) is 26.0 Å². The molecule has 0 amide bonds. The van der Waals surface area contributed by atoms with Gasteiger partial charge in [0.15, 0.2) is 0 Å². The van der Waals surface area contributed by atoms with Crippen molar-refractivity contribution in [3.8, 4) is 0 Å². The van der Waals surface area contributed by atoms with Gasteiger partial charge in [0.2, 0.25) is 0 Å². The van der Waals surface area contributed by atoms with Gasteiger partial charge in [0.1, 0.15) is 0 Å². The smallest absolute Gasteiger partial charge is 0.0449 e. The molecule has 1 unspecified atom stereocenters. The summed E-state index contributed by atoms with van der Waals surface area (Å²) in [5.74, 6) is 0.494. The number of rotatable bonds is 4. The Bertz CT molecular complexity index is 302. The quantitative estimate of drug-likeness (QED) is 0.799. The van der Waals surface area contributed by atoms with Crippen molar-refractivity contribution in [1.82, 2.24) is 0 Å². The second-order valence-corrected chi connectivity index (χ2v) is 11.2. The van der Waals surface area contributed by atoms with E-state index < -0.39 is 8.07 Å². The van der Waals surface area contributed by atoms with E-state index in [0.717, 1.165) is 11.6 Å².